The smallest absolute Gasteiger partial charge is 0.262 e. The lowest BCUT2D eigenvalue weighted by atomic mass is 9.82. The Bertz CT molecular complexity index is 953. The van der Waals surface area contributed by atoms with E-state index in [1.807, 2.05) is 12.1 Å². The highest BCUT2D eigenvalue weighted by atomic mass is 16.2. The van der Waals surface area contributed by atoms with Gasteiger partial charge in [0.2, 0.25) is 11.8 Å². The van der Waals surface area contributed by atoms with E-state index in [1.54, 1.807) is 6.07 Å². The summed E-state index contributed by atoms with van der Waals surface area (Å²) in [5, 5.41) is 5.76. The Kier molecular flexibility index (Phi) is 5.14. The van der Waals surface area contributed by atoms with E-state index in [4.69, 9.17) is 0 Å². The number of carbonyl (C=O) groups is 4. The van der Waals surface area contributed by atoms with Gasteiger partial charge in [-0.2, -0.15) is 0 Å². The molecule has 8 heteroatoms. The molecule has 0 radical (unpaired) electrons. The van der Waals surface area contributed by atoms with Gasteiger partial charge in [-0.05, 0) is 55.8 Å². The van der Waals surface area contributed by atoms with Crippen molar-refractivity contribution >= 4 is 23.6 Å². The van der Waals surface area contributed by atoms with Gasteiger partial charge in [0.15, 0.2) is 0 Å². The zero-order chi connectivity index (χ0) is 21.6. The minimum Gasteiger partial charge on any atom is -0.316 e. The third-order valence-corrected chi connectivity index (χ3v) is 7.27. The number of nitrogens with zero attached hydrogens (tertiary/aromatic N) is 2. The molecule has 2 unspecified atom stereocenters. The molecule has 5 rings (SSSR count). The molecule has 164 valence electrons. The third-order valence-electron chi connectivity index (χ3n) is 7.27. The van der Waals surface area contributed by atoms with Gasteiger partial charge in [0, 0.05) is 26.1 Å². The van der Waals surface area contributed by atoms with Crippen molar-refractivity contribution < 1.29 is 19.2 Å². The van der Waals surface area contributed by atoms with E-state index in [-0.39, 0.29) is 18.7 Å². The largest absolute Gasteiger partial charge is 0.316 e. The molecule has 3 saturated heterocycles. The highest BCUT2D eigenvalue weighted by Gasteiger charge is 2.46. The second-order valence-corrected chi connectivity index (χ2v) is 9.38. The van der Waals surface area contributed by atoms with Crippen LogP contribution in [0.1, 0.15) is 64.8 Å². The lowest BCUT2D eigenvalue weighted by molar-refractivity contribution is -0.136. The van der Waals surface area contributed by atoms with Crippen LogP contribution in [0.5, 0.6) is 0 Å². The van der Waals surface area contributed by atoms with Gasteiger partial charge in [-0.3, -0.25) is 34.3 Å². The molecule has 4 aliphatic heterocycles. The summed E-state index contributed by atoms with van der Waals surface area (Å²) in [6.45, 7) is 4.68. The maximum absolute atomic E-state index is 13.3. The predicted octanol–water partition coefficient (Wildman–Crippen LogP) is 1.05. The second-order valence-electron chi connectivity index (χ2n) is 9.38. The molecule has 1 aromatic rings. The summed E-state index contributed by atoms with van der Waals surface area (Å²) in [4.78, 5) is 53.7. The Morgan fingerprint density at radius 3 is 2.71 bits per heavy atom. The van der Waals surface area contributed by atoms with Crippen molar-refractivity contribution in [3.8, 4) is 0 Å². The first kappa shape index (κ1) is 20.3. The van der Waals surface area contributed by atoms with E-state index in [9.17, 15) is 19.2 Å². The molecule has 2 atom stereocenters. The van der Waals surface area contributed by atoms with Crippen LogP contribution in [-0.4, -0.2) is 65.6 Å². The van der Waals surface area contributed by atoms with Crippen molar-refractivity contribution in [2.24, 2.45) is 5.41 Å². The van der Waals surface area contributed by atoms with Gasteiger partial charge >= 0.3 is 0 Å². The van der Waals surface area contributed by atoms with Crippen molar-refractivity contribution in [3.05, 3.63) is 34.9 Å². The van der Waals surface area contributed by atoms with Gasteiger partial charge in [-0.15, -0.1) is 0 Å². The maximum atomic E-state index is 13.3. The van der Waals surface area contributed by atoms with Crippen molar-refractivity contribution in [2.45, 2.75) is 51.1 Å². The number of likely N-dealkylation sites (tertiary alicyclic amines) is 1. The number of fused-ring (bicyclic) bond motifs is 1. The Morgan fingerprint density at radius 2 is 1.94 bits per heavy atom. The number of piperidine rings is 1. The minimum atomic E-state index is -0.927. The maximum Gasteiger partial charge on any atom is 0.262 e. The Hall–Kier alpha value is -2.58. The zero-order valence-corrected chi connectivity index (χ0v) is 17.6. The molecular formula is C23H28N4O4. The summed E-state index contributed by atoms with van der Waals surface area (Å²) in [7, 11) is 0. The van der Waals surface area contributed by atoms with Crippen molar-refractivity contribution in [2.75, 3.05) is 26.2 Å². The van der Waals surface area contributed by atoms with Crippen LogP contribution >= 0.6 is 0 Å². The van der Waals surface area contributed by atoms with Crippen LogP contribution in [0.4, 0.5) is 0 Å². The number of nitrogens with one attached hydrogen (secondary N) is 2. The van der Waals surface area contributed by atoms with Crippen molar-refractivity contribution in [1.29, 1.82) is 0 Å². The van der Waals surface area contributed by atoms with Gasteiger partial charge in [0.05, 0.1) is 11.1 Å². The van der Waals surface area contributed by atoms with Crippen LogP contribution in [0, 0.1) is 5.41 Å². The number of rotatable bonds is 3. The average Bonchev–Trinajstić information content (AvgIpc) is 3.22. The van der Waals surface area contributed by atoms with Crippen LogP contribution in [0.3, 0.4) is 0 Å². The van der Waals surface area contributed by atoms with E-state index in [0.717, 1.165) is 43.1 Å². The summed E-state index contributed by atoms with van der Waals surface area (Å²) in [5.74, 6) is -1.80. The van der Waals surface area contributed by atoms with E-state index in [2.05, 4.69) is 15.5 Å². The molecule has 4 heterocycles. The number of amides is 4. The van der Waals surface area contributed by atoms with Gasteiger partial charge in [-0.1, -0.05) is 18.6 Å². The average molecular weight is 425 g/mol. The molecule has 0 aliphatic carbocycles. The topological polar surface area (TPSA) is 98.8 Å². The summed E-state index contributed by atoms with van der Waals surface area (Å²) < 4.78 is 0. The molecular weight excluding hydrogens is 396 g/mol. The molecule has 8 nitrogen and oxygen atoms in total. The van der Waals surface area contributed by atoms with Gasteiger partial charge < -0.3 is 5.32 Å². The number of hydrogen-bond donors (Lipinski definition) is 2. The monoisotopic (exact) mass is 424 g/mol. The number of imide groups is 2. The summed E-state index contributed by atoms with van der Waals surface area (Å²) in [6, 6.07) is 4.47. The SMILES string of the molecule is O=C1CCC(N2C(=O)c3cccc(CN4CCCCC5(CCNC5)C4)c3C2=O)C(=O)N1. The molecule has 4 aliphatic rings. The normalized spacial score (nSPS) is 29.4. The molecule has 4 amide bonds. The Morgan fingerprint density at radius 1 is 1.06 bits per heavy atom. The first-order valence-corrected chi connectivity index (χ1v) is 11.2. The van der Waals surface area contributed by atoms with Crippen LogP contribution < -0.4 is 10.6 Å². The first-order valence-electron chi connectivity index (χ1n) is 11.2. The standard InChI is InChI=1S/C23H28N4O4/c28-18-7-6-17(20(29)25-18)27-21(30)16-5-3-4-15(19(16)22(27)31)12-26-11-2-1-8-23(14-26)9-10-24-13-23/h3-5,17,24H,1-2,6-14H2,(H,25,28,29). The van der Waals surface area contributed by atoms with E-state index in [1.165, 1.54) is 19.3 Å². The highest BCUT2D eigenvalue weighted by molar-refractivity contribution is 6.24. The van der Waals surface area contributed by atoms with Gasteiger partial charge in [-0.25, -0.2) is 0 Å². The van der Waals surface area contributed by atoms with Crippen LogP contribution in [-0.2, 0) is 16.1 Å². The number of carbonyl (C=O) groups excluding carboxylic acids is 4. The number of benzene rings is 1. The van der Waals surface area contributed by atoms with Crippen molar-refractivity contribution in [3.63, 3.8) is 0 Å². The number of hydrogen-bond acceptors (Lipinski definition) is 6. The fourth-order valence-electron chi connectivity index (χ4n) is 5.70. The van der Waals surface area contributed by atoms with Crippen LogP contribution in [0.25, 0.3) is 0 Å². The Balaban J connectivity index is 1.40. The predicted molar refractivity (Wildman–Crippen MR) is 112 cm³/mol. The molecule has 31 heavy (non-hydrogen) atoms. The summed E-state index contributed by atoms with van der Waals surface area (Å²) >= 11 is 0. The molecule has 2 N–H and O–H groups in total. The third kappa shape index (κ3) is 3.57. The lowest BCUT2D eigenvalue weighted by Gasteiger charge is -2.32. The summed E-state index contributed by atoms with van der Waals surface area (Å²) in [6.07, 6.45) is 5.05. The quantitative estimate of drug-likeness (QED) is 0.704. The Labute approximate surface area is 181 Å². The molecule has 3 fully saturated rings. The van der Waals surface area contributed by atoms with Crippen molar-refractivity contribution in [1.82, 2.24) is 20.4 Å². The van der Waals surface area contributed by atoms with Crippen LogP contribution in [0.15, 0.2) is 18.2 Å². The van der Waals surface area contributed by atoms with E-state index >= 15 is 0 Å². The van der Waals surface area contributed by atoms with E-state index < -0.39 is 23.8 Å². The molecule has 1 spiro atoms. The zero-order valence-electron chi connectivity index (χ0n) is 17.6. The second kappa shape index (κ2) is 7.84. The highest BCUT2D eigenvalue weighted by Crippen LogP contribution is 2.36. The van der Waals surface area contributed by atoms with Crippen LogP contribution in [0.2, 0.25) is 0 Å². The summed E-state index contributed by atoms with van der Waals surface area (Å²) in [5.41, 5.74) is 1.92. The fraction of sp³-hybridized carbons (Fsp3) is 0.565. The minimum absolute atomic E-state index is 0.126. The van der Waals surface area contributed by atoms with Gasteiger partial charge in [0.25, 0.3) is 11.8 Å². The molecule has 0 saturated carbocycles. The lowest BCUT2D eigenvalue weighted by Crippen LogP contribution is -2.54. The first-order chi connectivity index (χ1) is 15.0. The molecule has 0 bridgehead atoms. The van der Waals surface area contributed by atoms with Gasteiger partial charge in [0.1, 0.15) is 6.04 Å². The van der Waals surface area contributed by atoms with E-state index in [0.29, 0.717) is 23.1 Å². The fourth-order valence-corrected chi connectivity index (χ4v) is 5.70. The molecule has 1 aromatic carbocycles. The molecule has 0 aromatic heterocycles.